The van der Waals surface area contributed by atoms with Crippen LogP contribution in [-0.2, 0) is 5.41 Å². The van der Waals surface area contributed by atoms with E-state index in [1.165, 1.54) is 0 Å². The molecule has 0 bridgehead atoms. The highest BCUT2D eigenvalue weighted by Gasteiger charge is 2.19. The monoisotopic (exact) mass is 321 g/mol. The molecular formula is C14H16BrN3O. The number of hydrogen-bond donors (Lipinski definition) is 1. The van der Waals surface area contributed by atoms with Crippen LogP contribution in [0.4, 0.5) is 5.82 Å². The molecule has 5 heteroatoms. The summed E-state index contributed by atoms with van der Waals surface area (Å²) in [4.78, 5) is 8.64. The van der Waals surface area contributed by atoms with Crippen LogP contribution < -0.4 is 10.5 Å². The number of ether oxygens (including phenoxy) is 1. The number of nitrogen functional groups attached to an aromatic ring is 1. The van der Waals surface area contributed by atoms with E-state index in [0.717, 1.165) is 4.47 Å². The molecule has 0 aliphatic heterocycles. The fourth-order valence-corrected chi connectivity index (χ4v) is 1.72. The second-order valence-corrected chi connectivity index (χ2v) is 6.18. The lowest BCUT2D eigenvalue weighted by atomic mass is 9.96. The zero-order valence-corrected chi connectivity index (χ0v) is 12.7. The van der Waals surface area contributed by atoms with Gasteiger partial charge >= 0.3 is 0 Å². The van der Waals surface area contributed by atoms with E-state index in [2.05, 4.69) is 25.9 Å². The molecule has 0 fully saturated rings. The molecule has 4 nitrogen and oxygen atoms in total. The summed E-state index contributed by atoms with van der Waals surface area (Å²) < 4.78 is 6.70. The smallest absolute Gasteiger partial charge is 0.224 e. The molecule has 0 aliphatic carbocycles. The van der Waals surface area contributed by atoms with E-state index >= 15 is 0 Å². The molecule has 100 valence electrons. The Labute approximate surface area is 121 Å². The minimum Gasteiger partial charge on any atom is -0.439 e. The molecule has 1 aromatic carbocycles. The molecule has 2 N–H and O–H groups in total. The summed E-state index contributed by atoms with van der Waals surface area (Å²) in [7, 11) is 0. The van der Waals surface area contributed by atoms with E-state index in [-0.39, 0.29) is 5.41 Å². The van der Waals surface area contributed by atoms with Crippen LogP contribution in [0.25, 0.3) is 0 Å². The number of aromatic nitrogens is 2. The average molecular weight is 322 g/mol. The number of nitrogens with zero attached hydrogens (tertiary/aromatic N) is 2. The SMILES string of the molecule is CC(C)(C)c1nc(N)cc(Oc2ccc(Br)cc2)n1. The molecule has 0 atom stereocenters. The highest BCUT2D eigenvalue weighted by Crippen LogP contribution is 2.26. The molecule has 0 saturated carbocycles. The Balaban J connectivity index is 2.30. The third-order valence-electron chi connectivity index (χ3n) is 2.43. The fourth-order valence-electron chi connectivity index (χ4n) is 1.45. The average Bonchev–Trinajstić information content (AvgIpc) is 2.30. The predicted octanol–water partition coefficient (Wildman–Crippen LogP) is 3.91. The van der Waals surface area contributed by atoms with Gasteiger partial charge in [-0.3, -0.25) is 0 Å². The first-order chi connectivity index (χ1) is 8.84. The van der Waals surface area contributed by atoms with Crippen molar-refractivity contribution in [2.45, 2.75) is 26.2 Å². The second kappa shape index (κ2) is 5.17. The first kappa shape index (κ1) is 13.8. The van der Waals surface area contributed by atoms with Crippen LogP contribution in [-0.4, -0.2) is 9.97 Å². The third kappa shape index (κ3) is 3.67. The van der Waals surface area contributed by atoms with Crippen molar-refractivity contribution in [2.75, 3.05) is 5.73 Å². The van der Waals surface area contributed by atoms with Crippen LogP contribution in [0.2, 0.25) is 0 Å². The van der Waals surface area contributed by atoms with Crippen LogP contribution in [0.5, 0.6) is 11.6 Å². The minimum absolute atomic E-state index is 0.173. The Morgan fingerprint density at radius 1 is 1.11 bits per heavy atom. The topological polar surface area (TPSA) is 61.0 Å². The number of anilines is 1. The summed E-state index contributed by atoms with van der Waals surface area (Å²) in [6, 6.07) is 9.16. The number of nitrogens with two attached hydrogens (primary N) is 1. The second-order valence-electron chi connectivity index (χ2n) is 5.26. The zero-order valence-electron chi connectivity index (χ0n) is 11.1. The van der Waals surface area contributed by atoms with Crippen molar-refractivity contribution in [1.29, 1.82) is 0 Å². The fraction of sp³-hybridized carbons (Fsp3) is 0.286. The maximum atomic E-state index is 5.80. The Bertz CT molecular complexity index is 576. The molecule has 0 aliphatic rings. The molecule has 2 rings (SSSR count). The van der Waals surface area contributed by atoms with Gasteiger partial charge in [-0.2, -0.15) is 4.98 Å². The quantitative estimate of drug-likeness (QED) is 0.910. The van der Waals surface area contributed by atoms with Crippen molar-refractivity contribution in [1.82, 2.24) is 9.97 Å². The zero-order chi connectivity index (χ0) is 14.0. The number of rotatable bonds is 2. The Kier molecular flexibility index (Phi) is 3.75. The molecule has 0 radical (unpaired) electrons. The molecule has 2 aromatic rings. The van der Waals surface area contributed by atoms with Gasteiger partial charge in [-0.15, -0.1) is 0 Å². The molecule has 0 spiro atoms. The van der Waals surface area contributed by atoms with Crippen LogP contribution in [0.15, 0.2) is 34.8 Å². The first-order valence-corrected chi connectivity index (χ1v) is 6.72. The van der Waals surface area contributed by atoms with Crippen molar-refractivity contribution in [3.8, 4) is 11.6 Å². The van der Waals surface area contributed by atoms with Gasteiger partial charge in [0.25, 0.3) is 0 Å². The highest BCUT2D eigenvalue weighted by molar-refractivity contribution is 9.10. The summed E-state index contributed by atoms with van der Waals surface area (Å²) in [5.74, 6) is 2.24. The lowest BCUT2D eigenvalue weighted by Crippen LogP contribution is -2.17. The van der Waals surface area contributed by atoms with Crippen molar-refractivity contribution >= 4 is 21.7 Å². The molecule has 19 heavy (non-hydrogen) atoms. The molecule has 1 heterocycles. The van der Waals surface area contributed by atoms with E-state index in [0.29, 0.717) is 23.3 Å². The summed E-state index contributed by atoms with van der Waals surface area (Å²) in [5.41, 5.74) is 5.62. The van der Waals surface area contributed by atoms with Crippen molar-refractivity contribution in [2.24, 2.45) is 0 Å². The van der Waals surface area contributed by atoms with Gasteiger partial charge < -0.3 is 10.5 Å². The van der Waals surface area contributed by atoms with Gasteiger partial charge in [0.05, 0.1) is 0 Å². The standard InChI is InChI=1S/C14H16BrN3O/c1-14(2,3)13-17-11(16)8-12(18-13)19-10-6-4-9(15)5-7-10/h4-8H,1-3H3,(H2,16,17,18). The Hall–Kier alpha value is -1.62. The lowest BCUT2D eigenvalue weighted by Gasteiger charge is -2.17. The highest BCUT2D eigenvalue weighted by atomic mass is 79.9. The minimum atomic E-state index is -0.173. The van der Waals surface area contributed by atoms with Crippen molar-refractivity contribution < 1.29 is 4.74 Å². The van der Waals surface area contributed by atoms with Gasteiger partial charge in [-0.05, 0) is 24.3 Å². The van der Waals surface area contributed by atoms with Gasteiger partial charge in [0.1, 0.15) is 17.4 Å². The summed E-state index contributed by atoms with van der Waals surface area (Å²) in [6.45, 7) is 6.10. The van der Waals surface area contributed by atoms with Crippen LogP contribution in [0, 0.1) is 0 Å². The molecule has 0 saturated heterocycles. The van der Waals surface area contributed by atoms with E-state index in [1.54, 1.807) is 6.07 Å². The molecule has 0 amide bonds. The van der Waals surface area contributed by atoms with Gasteiger partial charge in [0, 0.05) is 16.0 Å². The van der Waals surface area contributed by atoms with E-state index < -0.39 is 0 Å². The number of hydrogen-bond acceptors (Lipinski definition) is 4. The Morgan fingerprint density at radius 2 is 1.74 bits per heavy atom. The summed E-state index contributed by atoms with van der Waals surface area (Å²) in [5, 5.41) is 0. The maximum absolute atomic E-state index is 5.80. The predicted molar refractivity (Wildman–Crippen MR) is 79.4 cm³/mol. The molecule has 1 aromatic heterocycles. The van der Waals surface area contributed by atoms with E-state index in [9.17, 15) is 0 Å². The van der Waals surface area contributed by atoms with Crippen molar-refractivity contribution in [3.05, 3.63) is 40.6 Å². The maximum Gasteiger partial charge on any atom is 0.224 e. The molecular weight excluding hydrogens is 306 g/mol. The first-order valence-electron chi connectivity index (χ1n) is 5.93. The van der Waals surface area contributed by atoms with Crippen LogP contribution in [0.1, 0.15) is 26.6 Å². The van der Waals surface area contributed by atoms with E-state index in [4.69, 9.17) is 10.5 Å². The van der Waals surface area contributed by atoms with Crippen molar-refractivity contribution in [3.63, 3.8) is 0 Å². The summed E-state index contributed by atoms with van der Waals surface area (Å²) >= 11 is 3.38. The third-order valence-corrected chi connectivity index (χ3v) is 2.96. The number of benzene rings is 1. The van der Waals surface area contributed by atoms with Gasteiger partial charge in [0.2, 0.25) is 5.88 Å². The lowest BCUT2D eigenvalue weighted by molar-refractivity contribution is 0.446. The van der Waals surface area contributed by atoms with Crippen LogP contribution >= 0.6 is 15.9 Å². The normalized spacial score (nSPS) is 11.4. The Morgan fingerprint density at radius 3 is 2.32 bits per heavy atom. The van der Waals surface area contributed by atoms with Gasteiger partial charge in [-0.25, -0.2) is 4.98 Å². The summed E-state index contributed by atoms with van der Waals surface area (Å²) in [6.07, 6.45) is 0. The number of halogens is 1. The van der Waals surface area contributed by atoms with Gasteiger partial charge in [-0.1, -0.05) is 36.7 Å². The van der Waals surface area contributed by atoms with E-state index in [1.807, 2.05) is 45.0 Å². The molecule has 0 unspecified atom stereocenters. The largest absolute Gasteiger partial charge is 0.439 e. The van der Waals surface area contributed by atoms with Crippen LogP contribution in [0.3, 0.4) is 0 Å². The van der Waals surface area contributed by atoms with Gasteiger partial charge in [0.15, 0.2) is 0 Å².